The summed E-state index contributed by atoms with van der Waals surface area (Å²) < 4.78 is 27.9. The number of rotatable bonds is 4. The van der Waals surface area contributed by atoms with E-state index in [-0.39, 0.29) is 18.1 Å². The summed E-state index contributed by atoms with van der Waals surface area (Å²) in [6.45, 7) is 5.63. The Morgan fingerprint density at radius 2 is 2.10 bits per heavy atom. The molecular formula is C15H23NO3S. The summed E-state index contributed by atoms with van der Waals surface area (Å²) in [7, 11) is -3.54. The summed E-state index contributed by atoms with van der Waals surface area (Å²) in [4.78, 5) is 0.338. The van der Waals surface area contributed by atoms with E-state index in [9.17, 15) is 13.5 Å². The molecule has 2 N–H and O–H groups in total. The Balaban J connectivity index is 2.30. The van der Waals surface area contributed by atoms with Gasteiger partial charge < -0.3 is 5.11 Å². The lowest BCUT2D eigenvalue weighted by molar-refractivity contribution is 0.127. The first-order chi connectivity index (χ1) is 9.28. The lowest BCUT2D eigenvalue weighted by Crippen LogP contribution is -2.44. The molecule has 2 rings (SSSR count). The maximum Gasteiger partial charge on any atom is 0.241 e. The molecule has 2 atom stereocenters. The summed E-state index contributed by atoms with van der Waals surface area (Å²) in [5, 5.41) is 9.53. The van der Waals surface area contributed by atoms with Gasteiger partial charge in [-0.3, -0.25) is 0 Å². The van der Waals surface area contributed by atoms with E-state index in [1.165, 1.54) is 0 Å². The van der Waals surface area contributed by atoms with Crippen molar-refractivity contribution in [2.75, 3.05) is 6.61 Å². The third-order valence-corrected chi connectivity index (χ3v) is 5.99. The molecule has 1 fully saturated rings. The molecule has 1 aromatic carbocycles. The zero-order chi connectivity index (χ0) is 15.0. The van der Waals surface area contributed by atoms with Crippen LogP contribution in [0, 0.1) is 19.3 Å². The maximum absolute atomic E-state index is 12.6. The average molecular weight is 297 g/mol. The molecule has 0 bridgehead atoms. The van der Waals surface area contributed by atoms with E-state index in [2.05, 4.69) is 4.72 Å². The summed E-state index contributed by atoms with van der Waals surface area (Å²) >= 11 is 0. The Labute approximate surface area is 121 Å². The summed E-state index contributed by atoms with van der Waals surface area (Å²) in [5.41, 5.74) is 1.31. The molecule has 0 radical (unpaired) electrons. The van der Waals surface area contributed by atoms with Gasteiger partial charge in [0.15, 0.2) is 0 Å². The van der Waals surface area contributed by atoms with E-state index in [0.29, 0.717) is 4.90 Å². The van der Waals surface area contributed by atoms with Gasteiger partial charge in [0.25, 0.3) is 0 Å². The second-order valence-corrected chi connectivity index (χ2v) is 7.83. The van der Waals surface area contributed by atoms with Gasteiger partial charge in [-0.2, -0.15) is 0 Å². The minimum absolute atomic E-state index is 0.00693. The third kappa shape index (κ3) is 2.90. The van der Waals surface area contributed by atoms with Crippen LogP contribution in [-0.2, 0) is 10.0 Å². The Hall–Kier alpha value is -0.910. The normalized spacial score (nSPS) is 26.9. The van der Waals surface area contributed by atoms with Gasteiger partial charge in [-0.15, -0.1) is 0 Å². The zero-order valence-corrected chi connectivity index (χ0v) is 13.1. The van der Waals surface area contributed by atoms with Crippen LogP contribution in [-0.4, -0.2) is 26.2 Å². The molecule has 2 unspecified atom stereocenters. The van der Waals surface area contributed by atoms with Crippen LogP contribution in [0.5, 0.6) is 0 Å². The van der Waals surface area contributed by atoms with Crippen LogP contribution >= 0.6 is 0 Å². The van der Waals surface area contributed by atoms with Gasteiger partial charge in [-0.25, -0.2) is 13.1 Å². The number of sulfonamides is 1. The highest BCUT2D eigenvalue weighted by molar-refractivity contribution is 7.89. The summed E-state index contributed by atoms with van der Waals surface area (Å²) in [5.74, 6) is 0. The first kappa shape index (κ1) is 15.5. The predicted octanol–water partition coefficient (Wildman–Crippen LogP) is 2.13. The molecule has 20 heavy (non-hydrogen) atoms. The number of aliphatic hydroxyl groups is 1. The molecule has 0 spiro atoms. The molecule has 0 aliphatic heterocycles. The van der Waals surface area contributed by atoms with Crippen LogP contribution in [0.2, 0.25) is 0 Å². The van der Waals surface area contributed by atoms with Crippen molar-refractivity contribution >= 4 is 10.0 Å². The monoisotopic (exact) mass is 297 g/mol. The summed E-state index contributed by atoms with van der Waals surface area (Å²) in [6.07, 6.45) is 2.57. The van der Waals surface area contributed by atoms with Gasteiger partial charge >= 0.3 is 0 Å². The lowest BCUT2D eigenvalue weighted by atomic mass is 9.86. The third-order valence-electron chi connectivity index (χ3n) is 4.37. The molecule has 0 amide bonds. The first-order valence-corrected chi connectivity index (χ1v) is 8.47. The molecule has 1 saturated carbocycles. The predicted molar refractivity (Wildman–Crippen MR) is 79.1 cm³/mol. The average Bonchev–Trinajstić information content (AvgIpc) is 2.74. The van der Waals surface area contributed by atoms with Gasteiger partial charge in [0.05, 0.1) is 4.90 Å². The Bertz CT molecular complexity index is 597. The fourth-order valence-electron chi connectivity index (χ4n) is 2.87. The maximum atomic E-state index is 12.6. The topological polar surface area (TPSA) is 66.4 Å². The van der Waals surface area contributed by atoms with E-state index < -0.39 is 10.0 Å². The standard InChI is InChI=1S/C15H23NO3S/c1-11-6-7-12(2)13(9-11)20(18,19)16-14-5-4-8-15(14,3)10-17/h6-7,9,14,16-17H,4-5,8,10H2,1-3H3. The number of hydrogen-bond donors (Lipinski definition) is 2. The van der Waals surface area contributed by atoms with E-state index in [1.54, 1.807) is 13.0 Å². The highest BCUT2D eigenvalue weighted by Crippen LogP contribution is 2.38. The number of aliphatic hydroxyl groups excluding tert-OH is 1. The van der Waals surface area contributed by atoms with Crippen molar-refractivity contribution < 1.29 is 13.5 Å². The van der Waals surface area contributed by atoms with Crippen LogP contribution in [0.3, 0.4) is 0 Å². The number of benzene rings is 1. The second kappa shape index (κ2) is 5.47. The van der Waals surface area contributed by atoms with Crippen molar-refractivity contribution in [3.05, 3.63) is 29.3 Å². The SMILES string of the molecule is Cc1ccc(C)c(S(=O)(=O)NC2CCCC2(C)CO)c1. The molecule has 0 aromatic heterocycles. The fraction of sp³-hybridized carbons (Fsp3) is 0.600. The van der Waals surface area contributed by atoms with Crippen molar-refractivity contribution in [3.8, 4) is 0 Å². The molecule has 0 heterocycles. The zero-order valence-electron chi connectivity index (χ0n) is 12.3. The van der Waals surface area contributed by atoms with Crippen molar-refractivity contribution in [3.63, 3.8) is 0 Å². The molecule has 1 aliphatic rings. The smallest absolute Gasteiger partial charge is 0.241 e. The first-order valence-electron chi connectivity index (χ1n) is 6.99. The van der Waals surface area contributed by atoms with E-state index in [0.717, 1.165) is 30.4 Å². The Kier molecular flexibility index (Phi) is 4.23. The quantitative estimate of drug-likeness (QED) is 0.894. The van der Waals surface area contributed by atoms with Gasteiger partial charge in [-0.05, 0) is 43.9 Å². The van der Waals surface area contributed by atoms with E-state index in [1.807, 2.05) is 26.0 Å². The van der Waals surface area contributed by atoms with Crippen molar-refractivity contribution in [1.82, 2.24) is 4.72 Å². The van der Waals surface area contributed by atoms with E-state index in [4.69, 9.17) is 0 Å². The molecular weight excluding hydrogens is 274 g/mol. The largest absolute Gasteiger partial charge is 0.396 e. The molecule has 112 valence electrons. The fourth-order valence-corrected chi connectivity index (χ4v) is 4.61. The van der Waals surface area contributed by atoms with E-state index >= 15 is 0 Å². The van der Waals surface area contributed by atoms with Gasteiger partial charge in [0, 0.05) is 18.1 Å². The van der Waals surface area contributed by atoms with Crippen LogP contribution in [0.15, 0.2) is 23.1 Å². The van der Waals surface area contributed by atoms with Crippen LogP contribution < -0.4 is 4.72 Å². The highest BCUT2D eigenvalue weighted by atomic mass is 32.2. The number of hydrogen-bond acceptors (Lipinski definition) is 3. The number of nitrogens with one attached hydrogen (secondary N) is 1. The second-order valence-electron chi connectivity index (χ2n) is 6.15. The van der Waals surface area contributed by atoms with Crippen LogP contribution in [0.1, 0.15) is 37.3 Å². The molecule has 5 heteroatoms. The number of aryl methyl sites for hydroxylation is 2. The van der Waals surface area contributed by atoms with Crippen molar-refractivity contribution in [2.24, 2.45) is 5.41 Å². The van der Waals surface area contributed by atoms with Gasteiger partial charge in [-0.1, -0.05) is 25.5 Å². The minimum atomic E-state index is -3.54. The van der Waals surface area contributed by atoms with Gasteiger partial charge in [0.2, 0.25) is 10.0 Å². The lowest BCUT2D eigenvalue weighted by Gasteiger charge is -2.30. The molecule has 1 aliphatic carbocycles. The molecule has 0 saturated heterocycles. The Morgan fingerprint density at radius 3 is 2.75 bits per heavy atom. The Morgan fingerprint density at radius 1 is 1.40 bits per heavy atom. The summed E-state index contributed by atoms with van der Waals surface area (Å²) in [6, 6.07) is 5.23. The van der Waals surface area contributed by atoms with Crippen molar-refractivity contribution in [1.29, 1.82) is 0 Å². The molecule has 4 nitrogen and oxygen atoms in total. The van der Waals surface area contributed by atoms with Crippen molar-refractivity contribution in [2.45, 2.75) is 51.0 Å². The minimum Gasteiger partial charge on any atom is -0.396 e. The highest BCUT2D eigenvalue weighted by Gasteiger charge is 2.40. The van der Waals surface area contributed by atoms with Crippen LogP contribution in [0.25, 0.3) is 0 Å². The molecule has 1 aromatic rings. The van der Waals surface area contributed by atoms with Crippen LogP contribution in [0.4, 0.5) is 0 Å². The van der Waals surface area contributed by atoms with Gasteiger partial charge in [0.1, 0.15) is 0 Å².